The normalized spacial score (nSPS) is 11.4. The Bertz CT molecular complexity index is 488. The van der Waals surface area contributed by atoms with E-state index >= 15 is 0 Å². The first kappa shape index (κ1) is 14.0. The van der Waals surface area contributed by atoms with Crippen LogP contribution in [0.25, 0.3) is 0 Å². The van der Waals surface area contributed by atoms with Crippen molar-refractivity contribution in [2.75, 3.05) is 0 Å². The maximum Gasteiger partial charge on any atom is 0.387 e. The molecule has 0 spiro atoms. The average Bonchev–Trinajstić information content (AvgIpc) is 2.20. The Morgan fingerprint density at radius 2 is 1.94 bits per heavy atom. The summed E-state index contributed by atoms with van der Waals surface area (Å²) in [5.41, 5.74) is 15.9. The molecular formula is C9H10ClF2N5O. The van der Waals surface area contributed by atoms with Crippen molar-refractivity contribution in [2.45, 2.75) is 6.61 Å². The van der Waals surface area contributed by atoms with Crippen LogP contribution in [0.2, 0.25) is 5.02 Å². The molecule has 0 saturated carbocycles. The van der Waals surface area contributed by atoms with Gasteiger partial charge in [-0.15, -0.1) is 0 Å². The number of hydrogen-bond acceptors (Lipinski definition) is 2. The van der Waals surface area contributed by atoms with E-state index in [0.717, 1.165) is 0 Å². The van der Waals surface area contributed by atoms with E-state index in [-0.39, 0.29) is 22.7 Å². The summed E-state index contributed by atoms with van der Waals surface area (Å²) in [6.07, 6.45) is 0. The zero-order chi connectivity index (χ0) is 13.7. The molecule has 98 valence electrons. The second kappa shape index (κ2) is 6.01. The van der Waals surface area contributed by atoms with Gasteiger partial charge in [-0.05, 0) is 18.2 Å². The molecule has 1 aromatic carbocycles. The molecular weight excluding hydrogens is 268 g/mol. The number of alkyl halides is 2. The quantitative estimate of drug-likeness (QED) is 0.568. The van der Waals surface area contributed by atoms with Crippen molar-refractivity contribution >= 4 is 29.2 Å². The lowest BCUT2D eigenvalue weighted by Crippen LogP contribution is -2.26. The van der Waals surface area contributed by atoms with Gasteiger partial charge in [0.15, 0.2) is 5.96 Å². The lowest BCUT2D eigenvalue weighted by atomic mass is 10.3. The molecule has 0 aliphatic carbocycles. The molecule has 0 heterocycles. The molecule has 18 heavy (non-hydrogen) atoms. The van der Waals surface area contributed by atoms with Crippen LogP contribution in [0.3, 0.4) is 0 Å². The van der Waals surface area contributed by atoms with Crippen LogP contribution in [0.4, 0.5) is 14.5 Å². The third-order valence-corrected chi connectivity index (χ3v) is 1.91. The van der Waals surface area contributed by atoms with E-state index in [2.05, 4.69) is 14.7 Å². The second-order valence-corrected chi connectivity index (χ2v) is 3.41. The smallest absolute Gasteiger partial charge is 0.387 e. The monoisotopic (exact) mass is 277 g/mol. The number of rotatable bonds is 3. The number of hydrogen-bond donors (Lipinski definition) is 3. The van der Waals surface area contributed by atoms with Crippen LogP contribution in [-0.4, -0.2) is 18.5 Å². The predicted octanol–water partition coefficient (Wildman–Crippen LogP) is 1.16. The van der Waals surface area contributed by atoms with Crippen LogP contribution in [-0.2, 0) is 0 Å². The van der Waals surface area contributed by atoms with Crippen LogP contribution in [0.1, 0.15) is 0 Å². The number of nitrogens with zero attached hydrogens (tertiary/aromatic N) is 2. The van der Waals surface area contributed by atoms with Crippen molar-refractivity contribution in [3.05, 3.63) is 23.2 Å². The number of ether oxygens (including phenoxy) is 1. The Labute approximate surface area is 106 Å². The molecule has 0 fully saturated rings. The number of benzene rings is 1. The summed E-state index contributed by atoms with van der Waals surface area (Å²) in [4.78, 5) is 7.28. The fourth-order valence-electron chi connectivity index (χ4n) is 1.04. The van der Waals surface area contributed by atoms with Gasteiger partial charge in [0.2, 0.25) is 5.96 Å². The number of nitrogens with two attached hydrogens (primary N) is 3. The molecule has 0 atom stereocenters. The molecule has 0 unspecified atom stereocenters. The Morgan fingerprint density at radius 1 is 1.28 bits per heavy atom. The van der Waals surface area contributed by atoms with Gasteiger partial charge < -0.3 is 21.9 Å². The fraction of sp³-hybridized carbons (Fsp3) is 0.111. The molecule has 0 saturated heterocycles. The van der Waals surface area contributed by atoms with Crippen LogP contribution >= 0.6 is 11.6 Å². The first-order chi connectivity index (χ1) is 8.38. The van der Waals surface area contributed by atoms with Gasteiger partial charge in [0.25, 0.3) is 0 Å². The maximum atomic E-state index is 12.0. The number of halogens is 3. The standard InChI is InChI=1S/C9H10ClF2N5O/c10-5-3-4(16-9(15)17-8(13)14)1-2-6(5)18-7(11)12/h1-3,7H,(H6,13,14,15,16,17). The molecule has 0 aliphatic heterocycles. The Hall–Kier alpha value is -2.09. The van der Waals surface area contributed by atoms with E-state index in [1.807, 2.05) is 0 Å². The van der Waals surface area contributed by atoms with E-state index in [1.54, 1.807) is 0 Å². The van der Waals surface area contributed by atoms with Crippen LogP contribution in [0.15, 0.2) is 28.2 Å². The van der Waals surface area contributed by atoms with Crippen molar-refractivity contribution in [1.29, 1.82) is 0 Å². The molecule has 0 bridgehead atoms. The minimum Gasteiger partial charge on any atom is -0.433 e. The lowest BCUT2D eigenvalue weighted by Gasteiger charge is -2.06. The SMILES string of the molecule is NC(N)=NC(N)=Nc1ccc(OC(F)F)c(Cl)c1. The van der Waals surface area contributed by atoms with Crippen molar-refractivity contribution in [2.24, 2.45) is 27.2 Å². The number of aliphatic imine (C=N–C) groups is 2. The zero-order valence-electron chi connectivity index (χ0n) is 8.98. The van der Waals surface area contributed by atoms with Gasteiger partial charge in [0.05, 0.1) is 10.7 Å². The Morgan fingerprint density at radius 3 is 2.44 bits per heavy atom. The maximum absolute atomic E-state index is 12.0. The van der Waals surface area contributed by atoms with Gasteiger partial charge in [0.1, 0.15) is 5.75 Å². The van der Waals surface area contributed by atoms with E-state index in [9.17, 15) is 8.78 Å². The molecule has 1 rings (SSSR count). The largest absolute Gasteiger partial charge is 0.433 e. The Kier molecular flexibility index (Phi) is 4.67. The fourth-order valence-corrected chi connectivity index (χ4v) is 1.26. The molecule has 0 aliphatic rings. The third-order valence-electron chi connectivity index (χ3n) is 1.62. The van der Waals surface area contributed by atoms with Gasteiger partial charge in [0, 0.05) is 0 Å². The van der Waals surface area contributed by atoms with Crippen LogP contribution < -0.4 is 21.9 Å². The number of guanidine groups is 2. The topological polar surface area (TPSA) is 112 Å². The minimum atomic E-state index is -2.96. The summed E-state index contributed by atoms with van der Waals surface area (Å²) >= 11 is 5.71. The second-order valence-electron chi connectivity index (χ2n) is 3.00. The van der Waals surface area contributed by atoms with E-state index in [4.69, 9.17) is 28.8 Å². The summed E-state index contributed by atoms with van der Waals surface area (Å²) in [6.45, 7) is -2.96. The summed E-state index contributed by atoms with van der Waals surface area (Å²) in [5, 5.41) is -0.0333. The molecule has 6 nitrogen and oxygen atoms in total. The molecule has 0 amide bonds. The first-order valence-corrected chi connectivity index (χ1v) is 4.94. The molecule has 9 heteroatoms. The molecule has 1 aromatic rings. The highest BCUT2D eigenvalue weighted by Gasteiger charge is 2.08. The van der Waals surface area contributed by atoms with E-state index in [0.29, 0.717) is 5.69 Å². The van der Waals surface area contributed by atoms with Crippen LogP contribution in [0.5, 0.6) is 5.75 Å². The highest BCUT2D eigenvalue weighted by Crippen LogP contribution is 2.30. The zero-order valence-corrected chi connectivity index (χ0v) is 9.73. The van der Waals surface area contributed by atoms with Crippen LogP contribution in [0, 0.1) is 0 Å². The van der Waals surface area contributed by atoms with Gasteiger partial charge in [-0.25, -0.2) is 4.99 Å². The lowest BCUT2D eigenvalue weighted by molar-refractivity contribution is -0.0497. The summed E-state index contributed by atoms with van der Waals surface area (Å²) in [6, 6.07) is 3.89. The van der Waals surface area contributed by atoms with Gasteiger partial charge in [-0.1, -0.05) is 11.6 Å². The summed E-state index contributed by atoms with van der Waals surface area (Å²) in [5.74, 6) is -0.598. The van der Waals surface area contributed by atoms with Gasteiger partial charge in [-0.3, -0.25) is 0 Å². The van der Waals surface area contributed by atoms with E-state index in [1.165, 1.54) is 18.2 Å². The summed E-state index contributed by atoms with van der Waals surface area (Å²) in [7, 11) is 0. The molecule has 6 N–H and O–H groups in total. The van der Waals surface area contributed by atoms with Crippen molar-refractivity contribution in [3.8, 4) is 5.75 Å². The molecule has 0 radical (unpaired) electrons. The van der Waals surface area contributed by atoms with Crippen molar-refractivity contribution < 1.29 is 13.5 Å². The van der Waals surface area contributed by atoms with Gasteiger partial charge in [-0.2, -0.15) is 13.8 Å². The molecule has 0 aromatic heterocycles. The van der Waals surface area contributed by atoms with Crippen molar-refractivity contribution in [1.82, 2.24) is 0 Å². The predicted molar refractivity (Wildman–Crippen MR) is 65.2 cm³/mol. The third kappa shape index (κ3) is 4.42. The average molecular weight is 278 g/mol. The highest BCUT2D eigenvalue weighted by atomic mass is 35.5. The van der Waals surface area contributed by atoms with Crippen molar-refractivity contribution in [3.63, 3.8) is 0 Å². The Balaban J connectivity index is 2.94. The highest BCUT2D eigenvalue weighted by molar-refractivity contribution is 6.32. The van der Waals surface area contributed by atoms with E-state index < -0.39 is 6.61 Å². The van der Waals surface area contributed by atoms with Gasteiger partial charge >= 0.3 is 6.61 Å². The minimum absolute atomic E-state index is 0.0333. The summed E-state index contributed by atoms with van der Waals surface area (Å²) < 4.78 is 28.1. The first-order valence-electron chi connectivity index (χ1n) is 4.56.